The van der Waals surface area contributed by atoms with Gasteiger partial charge in [-0.1, -0.05) is 12.7 Å². The minimum Gasteiger partial charge on any atom is -0.466 e. The van der Waals surface area contributed by atoms with Crippen LogP contribution in [0.15, 0.2) is 42.1 Å². The van der Waals surface area contributed by atoms with E-state index < -0.39 is 17.8 Å². The van der Waals surface area contributed by atoms with Crippen LogP contribution in [0.1, 0.15) is 15.9 Å². The Labute approximate surface area is 157 Å². The third-order valence-corrected chi connectivity index (χ3v) is 3.87. The average molecular weight is 374 g/mol. The summed E-state index contributed by atoms with van der Waals surface area (Å²) in [5.74, 6) is -1.59. The minimum absolute atomic E-state index is 0.0362. The second-order valence-corrected chi connectivity index (χ2v) is 5.90. The van der Waals surface area contributed by atoms with E-state index in [-0.39, 0.29) is 37.6 Å². The highest BCUT2D eigenvalue weighted by atomic mass is 16.5. The molecule has 1 aliphatic rings. The summed E-state index contributed by atoms with van der Waals surface area (Å²) in [7, 11) is 1.23. The van der Waals surface area contributed by atoms with Crippen LogP contribution in [0.3, 0.4) is 0 Å². The largest absolute Gasteiger partial charge is 0.466 e. The standard InChI is InChI=1S/C19H22N2O6/c1-4-7-27-18(24)13-8-12(2)9-14(10-13)20-16-15(19(25)26-3)11-21(5-6-22)17(16)23/h4,8-10,20,22H,1,5-7,11H2,2-3H3. The molecule has 27 heavy (non-hydrogen) atoms. The molecule has 0 aliphatic carbocycles. The Kier molecular flexibility index (Phi) is 6.73. The van der Waals surface area contributed by atoms with Gasteiger partial charge < -0.3 is 24.8 Å². The number of esters is 2. The lowest BCUT2D eigenvalue weighted by Gasteiger charge is -2.15. The number of carbonyl (C=O) groups excluding carboxylic acids is 3. The number of ether oxygens (including phenoxy) is 2. The van der Waals surface area contributed by atoms with E-state index in [0.717, 1.165) is 5.56 Å². The van der Waals surface area contributed by atoms with Crippen LogP contribution in [0.25, 0.3) is 0 Å². The number of aryl methyl sites for hydroxylation is 1. The molecule has 1 amide bonds. The van der Waals surface area contributed by atoms with Crippen molar-refractivity contribution >= 4 is 23.5 Å². The van der Waals surface area contributed by atoms with Gasteiger partial charge in [0.15, 0.2) is 0 Å². The third-order valence-electron chi connectivity index (χ3n) is 3.87. The minimum atomic E-state index is -0.635. The number of aliphatic hydroxyl groups is 1. The SMILES string of the molecule is C=CCOC(=O)c1cc(C)cc(NC2=C(C(=O)OC)CN(CCO)C2=O)c1. The molecule has 8 heteroatoms. The molecule has 1 heterocycles. The number of nitrogens with one attached hydrogen (secondary N) is 1. The summed E-state index contributed by atoms with van der Waals surface area (Å²) in [5, 5.41) is 12.0. The van der Waals surface area contributed by atoms with Crippen LogP contribution in [0.2, 0.25) is 0 Å². The molecular formula is C19H22N2O6. The summed E-state index contributed by atoms with van der Waals surface area (Å²) in [6.45, 7) is 5.28. The van der Waals surface area contributed by atoms with E-state index >= 15 is 0 Å². The van der Waals surface area contributed by atoms with Crippen molar-refractivity contribution in [1.29, 1.82) is 0 Å². The molecule has 8 nitrogen and oxygen atoms in total. The number of hydrogen-bond acceptors (Lipinski definition) is 7. The molecule has 144 valence electrons. The smallest absolute Gasteiger partial charge is 0.338 e. The molecule has 1 aromatic rings. The van der Waals surface area contributed by atoms with Crippen LogP contribution in [0, 0.1) is 6.92 Å². The molecule has 0 spiro atoms. The molecule has 0 atom stereocenters. The maximum Gasteiger partial charge on any atom is 0.338 e. The zero-order valence-electron chi connectivity index (χ0n) is 15.3. The monoisotopic (exact) mass is 374 g/mol. The molecule has 2 rings (SSSR count). The molecule has 0 fully saturated rings. The van der Waals surface area contributed by atoms with Gasteiger partial charge in [-0.2, -0.15) is 0 Å². The number of aliphatic hydroxyl groups excluding tert-OH is 1. The highest BCUT2D eigenvalue weighted by Crippen LogP contribution is 2.24. The van der Waals surface area contributed by atoms with Crippen LogP contribution in [0.5, 0.6) is 0 Å². The number of hydrogen-bond donors (Lipinski definition) is 2. The van der Waals surface area contributed by atoms with Crippen LogP contribution in [0.4, 0.5) is 5.69 Å². The van der Waals surface area contributed by atoms with Crippen molar-refractivity contribution in [2.75, 3.05) is 38.7 Å². The predicted octanol–water partition coefficient (Wildman–Crippen LogP) is 1.01. The number of carbonyl (C=O) groups is 3. The van der Waals surface area contributed by atoms with Crippen LogP contribution in [-0.4, -0.2) is 61.3 Å². The quantitative estimate of drug-likeness (QED) is 0.517. The fraction of sp³-hybridized carbons (Fsp3) is 0.316. The molecule has 1 aliphatic heterocycles. The number of β-amino-alcohol motifs (C(OH)–C–C–N with tert-alkyl or cyclic N) is 1. The van der Waals surface area contributed by atoms with Crippen LogP contribution >= 0.6 is 0 Å². The molecule has 0 saturated carbocycles. The highest BCUT2D eigenvalue weighted by molar-refractivity contribution is 6.08. The van der Waals surface area contributed by atoms with Crippen LogP contribution in [-0.2, 0) is 19.1 Å². The Morgan fingerprint density at radius 1 is 1.33 bits per heavy atom. The number of amides is 1. The van der Waals surface area contributed by atoms with Crippen molar-refractivity contribution in [2.45, 2.75) is 6.92 Å². The lowest BCUT2D eigenvalue weighted by Crippen LogP contribution is -2.31. The Balaban J connectivity index is 2.33. The summed E-state index contributed by atoms with van der Waals surface area (Å²) in [6, 6.07) is 4.91. The van der Waals surface area contributed by atoms with Gasteiger partial charge in [0.25, 0.3) is 5.91 Å². The molecule has 0 radical (unpaired) electrons. The van der Waals surface area contributed by atoms with Gasteiger partial charge in [-0.25, -0.2) is 9.59 Å². The van der Waals surface area contributed by atoms with Crippen molar-refractivity contribution in [3.8, 4) is 0 Å². The highest BCUT2D eigenvalue weighted by Gasteiger charge is 2.34. The van der Waals surface area contributed by atoms with Gasteiger partial charge in [-0.05, 0) is 30.7 Å². The van der Waals surface area contributed by atoms with Gasteiger partial charge in [0.05, 0.1) is 31.4 Å². The number of anilines is 1. The fourth-order valence-corrected chi connectivity index (χ4v) is 2.68. The number of methoxy groups -OCH3 is 1. The number of nitrogens with zero attached hydrogens (tertiary/aromatic N) is 1. The van der Waals surface area contributed by atoms with E-state index in [9.17, 15) is 14.4 Å². The van der Waals surface area contributed by atoms with Gasteiger partial charge in [0, 0.05) is 12.2 Å². The Bertz CT molecular complexity index is 799. The van der Waals surface area contributed by atoms with E-state index in [1.807, 2.05) is 0 Å². The van der Waals surface area contributed by atoms with Gasteiger partial charge in [0.2, 0.25) is 0 Å². The molecule has 1 aromatic carbocycles. The van der Waals surface area contributed by atoms with E-state index in [0.29, 0.717) is 11.3 Å². The van der Waals surface area contributed by atoms with Crippen LogP contribution < -0.4 is 5.32 Å². The molecular weight excluding hydrogens is 352 g/mol. The van der Waals surface area contributed by atoms with E-state index in [4.69, 9.17) is 14.6 Å². The van der Waals surface area contributed by atoms with Gasteiger partial charge in [-0.15, -0.1) is 0 Å². The molecule has 2 N–H and O–H groups in total. The first-order chi connectivity index (χ1) is 12.9. The topological polar surface area (TPSA) is 105 Å². The Morgan fingerprint density at radius 3 is 2.70 bits per heavy atom. The lowest BCUT2D eigenvalue weighted by molar-refractivity contribution is -0.136. The second-order valence-electron chi connectivity index (χ2n) is 5.90. The normalized spacial score (nSPS) is 13.6. The maximum absolute atomic E-state index is 12.6. The van der Waals surface area contributed by atoms with Crippen molar-refractivity contribution < 1.29 is 29.0 Å². The van der Waals surface area contributed by atoms with Crippen molar-refractivity contribution in [3.63, 3.8) is 0 Å². The third kappa shape index (κ3) is 4.73. The summed E-state index contributed by atoms with van der Waals surface area (Å²) in [4.78, 5) is 38.0. The summed E-state index contributed by atoms with van der Waals surface area (Å²) >= 11 is 0. The van der Waals surface area contributed by atoms with Gasteiger partial charge in [0.1, 0.15) is 12.3 Å². The predicted molar refractivity (Wildman–Crippen MR) is 98.0 cm³/mol. The van der Waals surface area contributed by atoms with Gasteiger partial charge >= 0.3 is 11.9 Å². The zero-order valence-corrected chi connectivity index (χ0v) is 15.3. The lowest BCUT2D eigenvalue weighted by atomic mass is 10.1. The number of rotatable bonds is 8. The summed E-state index contributed by atoms with van der Waals surface area (Å²) in [5.41, 5.74) is 1.75. The molecule has 0 saturated heterocycles. The first-order valence-corrected chi connectivity index (χ1v) is 8.29. The Morgan fingerprint density at radius 2 is 2.07 bits per heavy atom. The maximum atomic E-state index is 12.6. The van der Waals surface area contributed by atoms with Crippen molar-refractivity contribution in [2.24, 2.45) is 0 Å². The van der Waals surface area contributed by atoms with E-state index in [1.54, 1.807) is 19.1 Å². The summed E-state index contributed by atoms with van der Waals surface area (Å²) in [6.07, 6.45) is 1.47. The molecule has 0 bridgehead atoms. The fourth-order valence-electron chi connectivity index (χ4n) is 2.68. The average Bonchev–Trinajstić information content (AvgIpc) is 2.95. The first-order valence-electron chi connectivity index (χ1n) is 8.29. The molecule has 0 unspecified atom stereocenters. The summed E-state index contributed by atoms with van der Waals surface area (Å²) < 4.78 is 9.78. The van der Waals surface area contributed by atoms with E-state index in [2.05, 4.69) is 11.9 Å². The Hall–Kier alpha value is -3.13. The number of benzene rings is 1. The van der Waals surface area contributed by atoms with E-state index in [1.165, 1.54) is 24.2 Å². The first kappa shape index (κ1) is 20.2. The zero-order chi connectivity index (χ0) is 20.0. The molecule has 0 aromatic heterocycles. The second kappa shape index (κ2) is 9.00. The van der Waals surface area contributed by atoms with Crippen molar-refractivity contribution in [3.05, 3.63) is 53.3 Å². The van der Waals surface area contributed by atoms with Crippen molar-refractivity contribution in [1.82, 2.24) is 4.90 Å². The van der Waals surface area contributed by atoms with Gasteiger partial charge in [-0.3, -0.25) is 4.79 Å².